The maximum Gasteiger partial charge on any atom is 0.161 e. The van der Waals surface area contributed by atoms with E-state index in [2.05, 4.69) is 20.9 Å². The second kappa shape index (κ2) is 3.93. The van der Waals surface area contributed by atoms with Crippen molar-refractivity contribution in [2.45, 2.75) is 6.10 Å². The second-order valence-electron chi connectivity index (χ2n) is 2.26. The SMILES string of the molecule is NCC(O)c1ccnc(Br)c1F. The molecule has 3 N–H and O–H groups in total. The van der Waals surface area contributed by atoms with E-state index in [9.17, 15) is 9.50 Å². The van der Waals surface area contributed by atoms with Crippen LogP contribution >= 0.6 is 15.9 Å². The summed E-state index contributed by atoms with van der Waals surface area (Å²) in [5.41, 5.74) is 5.34. The molecule has 0 spiro atoms. The van der Waals surface area contributed by atoms with Crippen LogP contribution in [-0.4, -0.2) is 16.6 Å². The van der Waals surface area contributed by atoms with E-state index in [0.29, 0.717) is 0 Å². The lowest BCUT2D eigenvalue weighted by atomic mass is 10.1. The third-order valence-corrected chi connectivity index (χ3v) is 2.01. The second-order valence-corrected chi connectivity index (χ2v) is 3.01. The van der Waals surface area contributed by atoms with Crippen LogP contribution in [0.5, 0.6) is 0 Å². The maximum absolute atomic E-state index is 13.1. The fraction of sp³-hybridized carbons (Fsp3) is 0.286. The Bertz CT molecular complexity index is 282. The van der Waals surface area contributed by atoms with E-state index in [4.69, 9.17) is 5.73 Å². The van der Waals surface area contributed by atoms with Gasteiger partial charge in [0, 0.05) is 18.3 Å². The molecule has 0 amide bonds. The van der Waals surface area contributed by atoms with Crippen LogP contribution in [0.1, 0.15) is 11.7 Å². The molecule has 0 saturated carbocycles. The minimum Gasteiger partial charge on any atom is -0.387 e. The number of halogens is 2. The molecule has 0 bridgehead atoms. The summed E-state index contributed by atoms with van der Waals surface area (Å²) in [7, 11) is 0. The lowest BCUT2D eigenvalue weighted by Crippen LogP contribution is -2.13. The van der Waals surface area contributed by atoms with Crippen molar-refractivity contribution in [2.24, 2.45) is 5.73 Å². The molecule has 5 heteroatoms. The fourth-order valence-electron chi connectivity index (χ4n) is 0.816. The van der Waals surface area contributed by atoms with Gasteiger partial charge in [-0.3, -0.25) is 0 Å². The number of rotatable bonds is 2. The number of aliphatic hydroxyl groups is 1. The smallest absolute Gasteiger partial charge is 0.161 e. The van der Waals surface area contributed by atoms with E-state index in [1.807, 2.05) is 0 Å². The van der Waals surface area contributed by atoms with E-state index in [-0.39, 0.29) is 16.7 Å². The number of nitrogens with two attached hydrogens (primary N) is 1. The highest BCUT2D eigenvalue weighted by molar-refractivity contribution is 9.10. The average molecular weight is 235 g/mol. The van der Waals surface area contributed by atoms with Crippen LogP contribution in [0.25, 0.3) is 0 Å². The van der Waals surface area contributed by atoms with Gasteiger partial charge in [0.25, 0.3) is 0 Å². The zero-order chi connectivity index (χ0) is 9.14. The summed E-state index contributed by atoms with van der Waals surface area (Å²) < 4.78 is 13.2. The number of aromatic nitrogens is 1. The molecule has 0 saturated heterocycles. The highest BCUT2D eigenvalue weighted by atomic mass is 79.9. The van der Waals surface area contributed by atoms with Crippen molar-refractivity contribution in [3.05, 3.63) is 28.2 Å². The van der Waals surface area contributed by atoms with Gasteiger partial charge in [0.2, 0.25) is 0 Å². The van der Waals surface area contributed by atoms with E-state index >= 15 is 0 Å². The van der Waals surface area contributed by atoms with Gasteiger partial charge in [-0.1, -0.05) is 0 Å². The first-order valence-electron chi connectivity index (χ1n) is 3.35. The maximum atomic E-state index is 13.1. The van der Waals surface area contributed by atoms with Crippen LogP contribution in [0.4, 0.5) is 4.39 Å². The Hall–Kier alpha value is -0.520. The van der Waals surface area contributed by atoms with Gasteiger partial charge in [-0.2, -0.15) is 0 Å². The van der Waals surface area contributed by atoms with Crippen LogP contribution in [0.15, 0.2) is 16.9 Å². The number of nitrogens with zero attached hydrogens (tertiary/aromatic N) is 1. The Labute approximate surface area is 77.5 Å². The van der Waals surface area contributed by atoms with Crippen molar-refractivity contribution in [2.75, 3.05) is 6.54 Å². The first-order chi connectivity index (χ1) is 5.66. The van der Waals surface area contributed by atoms with Crippen molar-refractivity contribution in [1.82, 2.24) is 4.98 Å². The first kappa shape index (κ1) is 9.57. The van der Waals surface area contributed by atoms with Gasteiger partial charge >= 0.3 is 0 Å². The van der Waals surface area contributed by atoms with E-state index in [0.717, 1.165) is 0 Å². The number of hydrogen-bond acceptors (Lipinski definition) is 3. The summed E-state index contributed by atoms with van der Waals surface area (Å²) in [5, 5.41) is 9.22. The van der Waals surface area contributed by atoms with Gasteiger partial charge in [0.15, 0.2) is 5.82 Å². The average Bonchev–Trinajstić information content (AvgIpc) is 2.08. The fourth-order valence-corrected chi connectivity index (χ4v) is 1.16. The molecule has 0 fully saturated rings. The minimum atomic E-state index is -0.968. The first-order valence-corrected chi connectivity index (χ1v) is 4.14. The van der Waals surface area contributed by atoms with Gasteiger partial charge in [-0.15, -0.1) is 0 Å². The molecule has 12 heavy (non-hydrogen) atoms. The molecule has 66 valence electrons. The minimum absolute atomic E-state index is 0.00657. The van der Waals surface area contributed by atoms with Gasteiger partial charge in [0.05, 0.1) is 6.10 Å². The monoisotopic (exact) mass is 234 g/mol. The zero-order valence-corrected chi connectivity index (χ0v) is 7.75. The van der Waals surface area contributed by atoms with Crippen LogP contribution in [-0.2, 0) is 0 Å². The predicted molar refractivity (Wildman–Crippen MR) is 45.9 cm³/mol. The molecule has 0 radical (unpaired) electrons. The Morgan fingerprint density at radius 1 is 1.75 bits per heavy atom. The molecule has 0 aliphatic carbocycles. The summed E-state index contributed by atoms with van der Waals surface area (Å²) in [6.07, 6.45) is 0.436. The molecule has 3 nitrogen and oxygen atoms in total. The highest BCUT2D eigenvalue weighted by Gasteiger charge is 2.13. The molecule has 1 unspecified atom stereocenters. The van der Waals surface area contributed by atoms with E-state index in [1.165, 1.54) is 12.3 Å². The topological polar surface area (TPSA) is 59.1 Å². The molecular weight excluding hydrogens is 227 g/mol. The van der Waals surface area contributed by atoms with Crippen molar-refractivity contribution in [3.8, 4) is 0 Å². The Morgan fingerprint density at radius 3 is 3.00 bits per heavy atom. The standard InChI is InChI=1S/C7H8BrFN2O/c8-7-6(9)4(1-2-11-7)5(12)3-10/h1-2,5,12H,3,10H2. The van der Waals surface area contributed by atoms with Gasteiger partial charge < -0.3 is 10.8 Å². The third kappa shape index (κ3) is 1.80. The summed E-state index contributed by atoms with van der Waals surface area (Å²) in [6, 6.07) is 1.40. The van der Waals surface area contributed by atoms with Gasteiger partial charge in [-0.05, 0) is 22.0 Å². The van der Waals surface area contributed by atoms with E-state index in [1.54, 1.807) is 0 Å². The normalized spacial score (nSPS) is 13.0. The molecular formula is C7H8BrFN2O. The van der Waals surface area contributed by atoms with Crippen molar-refractivity contribution < 1.29 is 9.50 Å². The number of pyridine rings is 1. The van der Waals surface area contributed by atoms with Gasteiger partial charge in [-0.25, -0.2) is 9.37 Å². The summed E-state index contributed by atoms with van der Waals surface area (Å²) >= 11 is 2.91. The summed E-state index contributed by atoms with van der Waals surface area (Å²) in [5.74, 6) is -0.560. The number of aliphatic hydroxyl groups excluding tert-OH is 1. The van der Waals surface area contributed by atoms with Gasteiger partial charge in [0.1, 0.15) is 4.60 Å². The molecule has 0 aliphatic heterocycles. The number of hydrogen-bond donors (Lipinski definition) is 2. The Balaban J connectivity index is 3.07. The van der Waals surface area contributed by atoms with Crippen molar-refractivity contribution >= 4 is 15.9 Å². The zero-order valence-electron chi connectivity index (χ0n) is 6.17. The van der Waals surface area contributed by atoms with Crippen molar-refractivity contribution in [3.63, 3.8) is 0 Å². The van der Waals surface area contributed by atoms with Crippen molar-refractivity contribution in [1.29, 1.82) is 0 Å². The van der Waals surface area contributed by atoms with Crippen LogP contribution in [0, 0.1) is 5.82 Å². The Morgan fingerprint density at radius 2 is 2.42 bits per heavy atom. The lowest BCUT2D eigenvalue weighted by molar-refractivity contribution is 0.181. The summed E-state index contributed by atoms with van der Waals surface area (Å²) in [4.78, 5) is 3.65. The molecule has 1 rings (SSSR count). The van der Waals surface area contributed by atoms with E-state index < -0.39 is 11.9 Å². The quantitative estimate of drug-likeness (QED) is 0.751. The molecule has 0 aliphatic rings. The summed E-state index contributed by atoms with van der Waals surface area (Å²) in [6.45, 7) is -0.00657. The Kier molecular flexibility index (Phi) is 3.13. The van der Waals surface area contributed by atoms with Crippen LogP contribution in [0.3, 0.4) is 0 Å². The molecule has 1 heterocycles. The largest absolute Gasteiger partial charge is 0.387 e. The molecule has 1 aromatic heterocycles. The molecule has 1 atom stereocenters. The highest BCUT2D eigenvalue weighted by Crippen LogP contribution is 2.20. The third-order valence-electron chi connectivity index (χ3n) is 1.46. The lowest BCUT2D eigenvalue weighted by Gasteiger charge is -2.08. The van der Waals surface area contributed by atoms with Crippen LogP contribution < -0.4 is 5.73 Å². The molecule has 0 aromatic carbocycles. The molecule has 1 aromatic rings. The van der Waals surface area contributed by atoms with Crippen LogP contribution in [0.2, 0.25) is 0 Å². The predicted octanol–water partition coefficient (Wildman–Crippen LogP) is 0.975.